The van der Waals surface area contributed by atoms with Gasteiger partial charge in [-0.15, -0.1) is 0 Å². The molecular formula is C13H19NO4S2. The largest absolute Gasteiger partial charge is 0.389 e. The summed E-state index contributed by atoms with van der Waals surface area (Å²) in [6.45, 7) is 3.49. The Balaban J connectivity index is 2.56. The zero-order valence-electron chi connectivity index (χ0n) is 11.4. The lowest BCUT2D eigenvalue weighted by Gasteiger charge is -2.07. The van der Waals surface area contributed by atoms with E-state index in [4.69, 9.17) is 27.4 Å². The van der Waals surface area contributed by atoms with Gasteiger partial charge in [0.25, 0.3) is 0 Å². The minimum Gasteiger partial charge on any atom is -0.389 e. The molecule has 0 heterocycles. The number of rotatable bonds is 9. The van der Waals surface area contributed by atoms with Gasteiger partial charge in [0.1, 0.15) is 4.99 Å². The standard InChI is InChI=1S/C13H19NO4S2/c1-2-17-6-7-18-8-9-20(15,16)12-5-3-4-11(10-12)13(14)19/h3-5,10H,2,6-9H2,1H3,(H2,14,19). The first kappa shape index (κ1) is 17.0. The van der Waals surface area contributed by atoms with Gasteiger partial charge >= 0.3 is 0 Å². The van der Waals surface area contributed by atoms with Crippen LogP contribution in [0.4, 0.5) is 0 Å². The third kappa shape index (κ3) is 5.54. The highest BCUT2D eigenvalue weighted by Gasteiger charge is 2.15. The van der Waals surface area contributed by atoms with Crippen molar-refractivity contribution in [1.29, 1.82) is 0 Å². The number of nitrogens with two attached hydrogens (primary N) is 1. The second-order valence-corrected chi connectivity index (χ2v) is 6.57. The highest BCUT2D eigenvalue weighted by Crippen LogP contribution is 2.13. The third-order valence-electron chi connectivity index (χ3n) is 2.55. The van der Waals surface area contributed by atoms with Crippen LogP contribution in [0.5, 0.6) is 0 Å². The second kappa shape index (κ2) is 8.31. The fourth-order valence-electron chi connectivity index (χ4n) is 1.49. The number of hydrogen-bond donors (Lipinski definition) is 1. The maximum atomic E-state index is 12.1. The Morgan fingerprint density at radius 3 is 2.60 bits per heavy atom. The van der Waals surface area contributed by atoms with E-state index in [-0.39, 0.29) is 22.2 Å². The van der Waals surface area contributed by atoms with Gasteiger partial charge in [0.2, 0.25) is 0 Å². The SMILES string of the molecule is CCOCCOCCS(=O)(=O)c1cccc(C(N)=S)c1. The minimum absolute atomic E-state index is 0.0834. The van der Waals surface area contributed by atoms with Gasteiger partial charge in [-0.3, -0.25) is 0 Å². The third-order valence-corrected chi connectivity index (χ3v) is 4.46. The van der Waals surface area contributed by atoms with Gasteiger partial charge < -0.3 is 15.2 Å². The van der Waals surface area contributed by atoms with Crippen molar-refractivity contribution in [3.8, 4) is 0 Å². The predicted octanol–water partition coefficient (Wildman–Crippen LogP) is 1.15. The lowest BCUT2D eigenvalue weighted by Crippen LogP contribution is -2.16. The Kier molecular flexibility index (Phi) is 7.08. The first-order valence-electron chi connectivity index (χ1n) is 6.25. The molecule has 0 spiro atoms. The molecule has 112 valence electrons. The molecule has 0 aliphatic carbocycles. The lowest BCUT2D eigenvalue weighted by atomic mass is 10.2. The molecule has 0 fully saturated rings. The van der Waals surface area contributed by atoms with Gasteiger partial charge in [-0.2, -0.15) is 0 Å². The molecule has 1 rings (SSSR count). The zero-order chi connectivity index (χ0) is 15.0. The molecule has 0 radical (unpaired) electrons. The molecule has 0 aromatic heterocycles. The van der Waals surface area contributed by atoms with Gasteiger partial charge in [0, 0.05) is 12.2 Å². The van der Waals surface area contributed by atoms with E-state index in [0.717, 1.165) is 0 Å². The Morgan fingerprint density at radius 1 is 1.25 bits per heavy atom. The van der Waals surface area contributed by atoms with E-state index in [1.807, 2.05) is 6.92 Å². The number of thiocarbonyl (C=S) groups is 1. The van der Waals surface area contributed by atoms with Crippen LogP contribution in [0, 0.1) is 0 Å². The Morgan fingerprint density at radius 2 is 1.95 bits per heavy atom. The Labute approximate surface area is 125 Å². The normalized spacial score (nSPS) is 11.4. The van der Waals surface area contributed by atoms with Crippen LogP contribution in [0.25, 0.3) is 0 Å². The molecule has 0 bridgehead atoms. The van der Waals surface area contributed by atoms with E-state index in [9.17, 15) is 8.42 Å². The first-order valence-corrected chi connectivity index (χ1v) is 8.31. The molecule has 5 nitrogen and oxygen atoms in total. The van der Waals surface area contributed by atoms with Crippen molar-refractivity contribution in [3.05, 3.63) is 29.8 Å². The van der Waals surface area contributed by atoms with Crippen molar-refractivity contribution in [2.45, 2.75) is 11.8 Å². The van der Waals surface area contributed by atoms with Gasteiger partial charge in [0.15, 0.2) is 9.84 Å². The van der Waals surface area contributed by atoms with Crippen LogP contribution in [0.3, 0.4) is 0 Å². The van der Waals surface area contributed by atoms with E-state index >= 15 is 0 Å². The van der Waals surface area contributed by atoms with Crippen molar-refractivity contribution in [1.82, 2.24) is 0 Å². The first-order chi connectivity index (χ1) is 9.47. The van der Waals surface area contributed by atoms with Crippen molar-refractivity contribution >= 4 is 27.0 Å². The quantitative estimate of drug-likeness (QED) is 0.544. The summed E-state index contributed by atoms with van der Waals surface area (Å²) in [5.74, 6) is -0.0834. The maximum absolute atomic E-state index is 12.1. The highest BCUT2D eigenvalue weighted by molar-refractivity contribution is 7.91. The van der Waals surface area contributed by atoms with Crippen molar-refractivity contribution in [3.63, 3.8) is 0 Å². The van der Waals surface area contributed by atoms with Gasteiger partial charge in [-0.25, -0.2) is 8.42 Å². The minimum atomic E-state index is -3.39. The monoisotopic (exact) mass is 317 g/mol. The van der Waals surface area contributed by atoms with Gasteiger partial charge in [-0.1, -0.05) is 24.4 Å². The summed E-state index contributed by atoms with van der Waals surface area (Å²) in [5, 5.41) is 0. The number of sulfone groups is 1. The van der Waals surface area contributed by atoms with Crippen LogP contribution in [-0.2, 0) is 19.3 Å². The van der Waals surface area contributed by atoms with Crippen LogP contribution >= 0.6 is 12.2 Å². The van der Waals surface area contributed by atoms with E-state index < -0.39 is 9.84 Å². The fourth-order valence-corrected chi connectivity index (χ4v) is 2.79. The van der Waals surface area contributed by atoms with Crippen molar-refractivity contribution in [2.75, 3.05) is 32.2 Å². The summed E-state index contributed by atoms with van der Waals surface area (Å²) in [5.41, 5.74) is 6.03. The molecule has 0 atom stereocenters. The van der Waals surface area contributed by atoms with E-state index in [2.05, 4.69) is 0 Å². The number of hydrogen-bond acceptors (Lipinski definition) is 5. The van der Waals surface area contributed by atoms with Crippen LogP contribution in [0.15, 0.2) is 29.2 Å². The summed E-state index contributed by atoms with van der Waals surface area (Å²) in [6, 6.07) is 6.31. The van der Waals surface area contributed by atoms with Crippen molar-refractivity contribution in [2.24, 2.45) is 5.73 Å². The summed E-state index contributed by atoms with van der Waals surface area (Å²) >= 11 is 4.84. The molecule has 0 aliphatic heterocycles. The van der Waals surface area contributed by atoms with E-state index in [1.165, 1.54) is 12.1 Å². The van der Waals surface area contributed by atoms with Crippen LogP contribution in [0.1, 0.15) is 12.5 Å². The molecule has 0 aliphatic rings. The molecule has 0 amide bonds. The fraction of sp³-hybridized carbons (Fsp3) is 0.462. The van der Waals surface area contributed by atoms with E-state index in [0.29, 0.717) is 25.4 Å². The molecule has 0 unspecified atom stereocenters. The van der Waals surface area contributed by atoms with Crippen LogP contribution < -0.4 is 5.73 Å². The second-order valence-electron chi connectivity index (χ2n) is 4.02. The maximum Gasteiger partial charge on any atom is 0.180 e. The van der Waals surface area contributed by atoms with Crippen LogP contribution in [0.2, 0.25) is 0 Å². The zero-order valence-corrected chi connectivity index (χ0v) is 13.0. The van der Waals surface area contributed by atoms with E-state index in [1.54, 1.807) is 12.1 Å². The predicted molar refractivity (Wildman–Crippen MR) is 81.7 cm³/mol. The van der Waals surface area contributed by atoms with Crippen LogP contribution in [-0.4, -0.2) is 45.6 Å². The Bertz CT molecular complexity index is 543. The lowest BCUT2D eigenvalue weighted by molar-refractivity contribution is 0.0590. The van der Waals surface area contributed by atoms with Gasteiger partial charge in [-0.05, 0) is 19.1 Å². The molecule has 2 N–H and O–H groups in total. The topological polar surface area (TPSA) is 78.6 Å². The summed E-state index contributed by atoms with van der Waals surface area (Å²) in [6.07, 6.45) is 0. The number of benzene rings is 1. The molecule has 0 saturated carbocycles. The van der Waals surface area contributed by atoms with Crippen molar-refractivity contribution < 1.29 is 17.9 Å². The molecule has 7 heteroatoms. The molecule has 1 aromatic carbocycles. The summed E-state index contributed by atoms with van der Waals surface area (Å²) < 4.78 is 34.5. The smallest absolute Gasteiger partial charge is 0.180 e. The average molecular weight is 317 g/mol. The molecular weight excluding hydrogens is 298 g/mol. The van der Waals surface area contributed by atoms with Gasteiger partial charge in [0.05, 0.1) is 30.5 Å². The molecule has 20 heavy (non-hydrogen) atoms. The molecule has 1 aromatic rings. The number of ether oxygens (including phenoxy) is 2. The summed E-state index contributed by atoms with van der Waals surface area (Å²) in [7, 11) is -3.39. The highest BCUT2D eigenvalue weighted by atomic mass is 32.2. The molecule has 0 saturated heterocycles. The average Bonchev–Trinajstić information content (AvgIpc) is 2.43. The Hall–Kier alpha value is -1.02. The summed E-state index contributed by atoms with van der Waals surface area (Å²) in [4.78, 5) is 0.381.